The molecule has 0 aliphatic carbocycles. The SMILES string of the molecule is C=c1cccc/c1=C/C=C/N(c1ccc(-c2cccc(-c3cccc4ccccc34)c2)cc1)c1ccccc1-c1cccc2c1oc1cc3ccccc3cc12. The number of anilines is 2. The van der Waals surface area contributed by atoms with E-state index in [2.05, 4.69) is 206 Å². The number of benzene rings is 9. The zero-order valence-corrected chi connectivity index (χ0v) is 30.8. The van der Waals surface area contributed by atoms with Crippen LogP contribution in [0.3, 0.4) is 0 Å². The Bertz CT molecular complexity index is 3220. The summed E-state index contributed by atoms with van der Waals surface area (Å²) in [5, 5.41) is 9.17. The highest BCUT2D eigenvalue weighted by molar-refractivity contribution is 6.14. The number of furan rings is 1. The van der Waals surface area contributed by atoms with Gasteiger partial charge in [0, 0.05) is 33.8 Å². The van der Waals surface area contributed by atoms with Gasteiger partial charge in [-0.2, -0.15) is 0 Å². The van der Waals surface area contributed by atoms with E-state index in [1.54, 1.807) is 0 Å². The van der Waals surface area contributed by atoms with Crippen LogP contribution in [0.5, 0.6) is 0 Å². The minimum Gasteiger partial charge on any atom is -0.455 e. The summed E-state index contributed by atoms with van der Waals surface area (Å²) in [4.78, 5) is 2.27. The first-order valence-corrected chi connectivity index (χ1v) is 19.0. The summed E-state index contributed by atoms with van der Waals surface area (Å²) in [6, 6.07) is 69.0. The van der Waals surface area contributed by atoms with Crippen LogP contribution in [-0.4, -0.2) is 0 Å². The van der Waals surface area contributed by atoms with Crippen molar-refractivity contribution < 1.29 is 4.42 Å². The summed E-state index contributed by atoms with van der Waals surface area (Å²) in [7, 11) is 0. The minimum atomic E-state index is 0.883. The standard InChI is InChI=1S/C54H37NO/c1-37-14-2-3-15-38(37)22-13-33-55(45-31-29-39(30-32-45)41-20-10-21-44(34-41)47-25-11-19-40-16-6-7-23-46(40)47)52-28-9-8-24-48(52)49-26-12-27-50-51-35-42-17-4-5-18-43(42)36-53(51)56-54(49)50/h2-36H,1H2/b33-13+,38-22-. The highest BCUT2D eigenvalue weighted by Crippen LogP contribution is 2.42. The summed E-state index contributed by atoms with van der Waals surface area (Å²) in [5.41, 5.74) is 10.8. The number of rotatable bonds is 7. The van der Waals surface area contributed by atoms with E-state index in [1.165, 1.54) is 38.2 Å². The molecule has 0 aliphatic heterocycles. The molecular weight excluding hydrogens is 679 g/mol. The Morgan fingerprint density at radius 3 is 1.96 bits per heavy atom. The Balaban J connectivity index is 1.08. The predicted octanol–water partition coefficient (Wildman–Crippen LogP) is 13.4. The number of allylic oxidation sites excluding steroid dienone is 1. The van der Waals surface area contributed by atoms with E-state index in [-0.39, 0.29) is 0 Å². The Hall–Kier alpha value is -7.42. The molecule has 1 heterocycles. The molecule has 0 bridgehead atoms. The van der Waals surface area contributed by atoms with Crippen molar-refractivity contribution in [2.45, 2.75) is 0 Å². The van der Waals surface area contributed by atoms with Crippen molar-refractivity contribution >= 4 is 67.5 Å². The van der Waals surface area contributed by atoms with Crippen LogP contribution in [0.2, 0.25) is 0 Å². The molecule has 0 saturated heterocycles. The maximum absolute atomic E-state index is 6.72. The van der Waals surface area contributed by atoms with E-state index in [1.807, 2.05) is 18.2 Å². The van der Waals surface area contributed by atoms with E-state index >= 15 is 0 Å². The van der Waals surface area contributed by atoms with E-state index in [4.69, 9.17) is 4.42 Å². The van der Waals surface area contributed by atoms with Gasteiger partial charge in [-0.1, -0.05) is 170 Å². The van der Waals surface area contributed by atoms with Crippen LogP contribution in [-0.2, 0) is 0 Å². The van der Waals surface area contributed by atoms with Crippen LogP contribution < -0.4 is 15.3 Å². The lowest BCUT2D eigenvalue weighted by molar-refractivity contribution is 0.670. The van der Waals surface area contributed by atoms with E-state index in [0.29, 0.717) is 0 Å². The normalized spacial score (nSPS) is 12.0. The number of hydrogen-bond donors (Lipinski definition) is 0. The van der Waals surface area contributed by atoms with Crippen molar-refractivity contribution in [1.29, 1.82) is 0 Å². The topological polar surface area (TPSA) is 16.4 Å². The second-order valence-corrected chi connectivity index (χ2v) is 14.2. The summed E-state index contributed by atoms with van der Waals surface area (Å²) in [6.45, 7) is 4.24. The molecule has 0 spiro atoms. The second kappa shape index (κ2) is 14.1. The Morgan fingerprint density at radius 2 is 1.09 bits per heavy atom. The third-order valence-corrected chi connectivity index (χ3v) is 10.8. The maximum atomic E-state index is 6.72. The lowest BCUT2D eigenvalue weighted by Crippen LogP contribution is -2.21. The van der Waals surface area contributed by atoms with Gasteiger partial charge in [0.2, 0.25) is 0 Å². The molecule has 0 N–H and O–H groups in total. The third-order valence-electron chi connectivity index (χ3n) is 10.8. The Kier molecular flexibility index (Phi) is 8.35. The molecule has 2 heteroatoms. The van der Waals surface area contributed by atoms with Gasteiger partial charge < -0.3 is 9.32 Å². The summed E-state index contributed by atoms with van der Waals surface area (Å²) >= 11 is 0. The van der Waals surface area contributed by atoms with E-state index in [0.717, 1.165) is 60.4 Å². The Morgan fingerprint density at radius 1 is 0.446 bits per heavy atom. The molecule has 264 valence electrons. The molecule has 1 aromatic heterocycles. The summed E-state index contributed by atoms with van der Waals surface area (Å²) in [6.07, 6.45) is 6.37. The molecular formula is C54H37NO. The van der Waals surface area contributed by atoms with Gasteiger partial charge in [-0.15, -0.1) is 0 Å². The number of para-hydroxylation sites is 2. The van der Waals surface area contributed by atoms with Crippen molar-refractivity contribution in [3.05, 3.63) is 217 Å². The monoisotopic (exact) mass is 715 g/mol. The molecule has 10 aromatic rings. The molecule has 0 atom stereocenters. The average molecular weight is 716 g/mol. The van der Waals surface area contributed by atoms with Crippen LogP contribution >= 0.6 is 0 Å². The van der Waals surface area contributed by atoms with Crippen LogP contribution in [0.4, 0.5) is 11.4 Å². The van der Waals surface area contributed by atoms with Crippen molar-refractivity contribution in [3.8, 4) is 33.4 Å². The number of fused-ring (bicyclic) bond motifs is 5. The molecule has 0 unspecified atom stereocenters. The Labute approximate surface area is 325 Å². The quantitative estimate of drug-likeness (QED) is 0.163. The molecule has 0 aliphatic rings. The molecule has 10 rings (SSSR count). The predicted molar refractivity (Wildman–Crippen MR) is 238 cm³/mol. The first-order chi connectivity index (χ1) is 27.7. The fourth-order valence-corrected chi connectivity index (χ4v) is 8.00. The fraction of sp³-hybridized carbons (Fsp3) is 0. The molecule has 0 amide bonds. The van der Waals surface area contributed by atoms with E-state index < -0.39 is 0 Å². The van der Waals surface area contributed by atoms with Gasteiger partial charge in [0.05, 0.1) is 5.69 Å². The van der Waals surface area contributed by atoms with Gasteiger partial charge >= 0.3 is 0 Å². The van der Waals surface area contributed by atoms with Crippen molar-refractivity contribution in [1.82, 2.24) is 0 Å². The molecule has 0 saturated carbocycles. The minimum absolute atomic E-state index is 0.883. The van der Waals surface area contributed by atoms with Crippen LogP contribution in [0.25, 0.3) is 89.5 Å². The van der Waals surface area contributed by atoms with E-state index in [9.17, 15) is 0 Å². The van der Waals surface area contributed by atoms with Crippen LogP contribution in [0.1, 0.15) is 0 Å². The van der Waals surface area contributed by atoms with Gasteiger partial charge in [-0.3, -0.25) is 0 Å². The fourth-order valence-electron chi connectivity index (χ4n) is 8.00. The van der Waals surface area contributed by atoms with Gasteiger partial charge in [0.1, 0.15) is 11.2 Å². The lowest BCUT2D eigenvalue weighted by Gasteiger charge is -2.24. The van der Waals surface area contributed by atoms with Crippen molar-refractivity contribution in [2.24, 2.45) is 0 Å². The van der Waals surface area contributed by atoms with Gasteiger partial charge in [-0.25, -0.2) is 0 Å². The average Bonchev–Trinajstić information content (AvgIpc) is 3.62. The smallest absolute Gasteiger partial charge is 0.143 e. The molecule has 9 aromatic carbocycles. The van der Waals surface area contributed by atoms with Crippen LogP contribution in [0.15, 0.2) is 211 Å². The third kappa shape index (κ3) is 6.04. The van der Waals surface area contributed by atoms with Crippen molar-refractivity contribution in [2.75, 3.05) is 4.90 Å². The highest BCUT2D eigenvalue weighted by Gasteiger charge is 2.18. The molecule has 2 nitrogen and oxygen atoms in total. The van der Waals surface area contributed by atoms with Gasteiger partial charge in [0.25, 0.3) is 0 Å². The van der Waals surface area contributed by atoms with Crippen LogP contribution in [0, 0.1) is 0 Å². The van der Waals surface area contributed by atoms with Gasteiger partial charge in [-0.05, 0) is 96.7 Å². The maximum Gasteiger partial charge on any atom is 0.143 e. The largest absolute Gasteiger partial charge is 0.455 e. The van der Waals surface area contributed by atoms with Crippen molar-refractivity contribution in [3.63, 3.8) is 0 Å². The summed E-state index contributed by atoms with van der Waals surface area (Å²) < 4.78 is 6.72. The second-order valence-electron chi connectivity index (χ2n) is 14.2. The number of nitrogens with zero attached hydrogens (tertiary/aromatic N) is 1. The zero-order chi connectivity index (χ0) is 37.4. The molecule has 0 radical (unpaired) electrons. The lowest BCUT2D eigenvalue weighted by atomic mass is 9.95. The summed E-state index contributed by atoms with van der Waals surface area (Å²) in [5.74, 6) is 0. The first-order valence-electron chi connectivity index (χ1n) is 19.0. The number of hydrogen-bond acceptors (Lipinski definition) is 2. The van der Waals surface area contributed by atoms with Gasteiger partial charge in [0.15, 0.2) is 0 Å². The first kappa shape index (κ1) is 33.2. The highest BCUT2D eigenvalue weighted by atomic mass is 16.3. The molecule has 0 fully saturated rings. The zero-order valence-electron chi connectivity index (χ0n) is 30.8. The molecule has 56 heavy (non-hydrogen) atoms.